The average Bonchev–Trinajstić information content (AvgIpc) is 2.48. The lowest BCUT2D eigenvalue weighted by Crippen LogP contribution is -2.49. The Hall–Kier alpha value is -1.13. The zero-order valence-electron chi connectivity index (χ0n) is 14.0. The second-order valence-corrected chi connectivity index (χ2v) is 6.28. The van der Waals surface area contributed by atoms with Crippen molar-refractivity contribution in [1.29, 1.82) is 0 Å². The van der Waals surface area contributed by atoms with Crippen molar-refractivity contribution >= 4 is 5.82 Å². The number of rotatable bonds is 6. The Morgan fingerprint density at radius 1 is 1.24 bits per heavy atom. The van der Waals surface area contributed by atoms with Crippen molar-refractivity contribution < 1.29 is 0 Å². The monoisotopic (exact) mass is 290 g/mol. The summed E-state index contributed by atoms with van der Waals surface area (Å²) in [6.45, 7) is 15.3. The van der Waals surface area contributed by atoms with E-state index in [0.717, 1.165) is 45.1 Å². The first-order valence-corrected chi connectivity index (χ1v) is 8.27. The van der Waals surface area contributed by atoms with Gasteiger partial charge >= 0.3 is 0 Å². The lowest BCUT2D eigenvalue weighted by Gasteiger charge is -2.38. The number of nitrogens with zero attached hydrogens (tertiary/aromatic N) is 3. The SMILES string of the molecule is CCCNCc1cnc(N2CCN(C(C)C)CC2)c(C)c1. The summed E-state index contributed by atoms with van der Waals surface area (Å²) in [7, 11) is 0. The predicted octanol–water partition coefficient (Wildman–Crippen LogP) is 2.42. The summed E-state index contributed by atoms with van der Waals surface area (Å²) in [4.78, 5) is 9.68. The van der Waals surface area contributed by atoms with Gasteiger partial charge in [-0.25, -0.2) is 4.98 Å². The Labute approximate surface area is 129 Å². The van der Waals surface area contributed by atoms with E-state index in [9.17, 15) is 0 Å². The topological polar surface area (TPSA) is 31.4 Å². The fourth-order valence-electron chi connectivity index (χ4n) is 2.91. The number of pyridine rings is 1. The molecule has 2 rings (SSSR count). The van der Waals surface area contributed by atoms with E-state index in [2.05, 4.69) is 48.9 Å². The third kappa shape index (κ3) is 4.42. The van der Waals surface area contributed by atoms with Crippen molar-refractivity contribution in [1.82, 2.24) is 15.2 Å². The molecule has 118 valence electrons. The lowest BCUT2D eigenvalue weighted by molar-refractivity contribution is 0.209. The van der Waals surface area contributed by atoms with Gasteiger partial charge in [-0.1, -0.05) is 6.92 Å². The molecule has 4 nitrogen and oxygen atoms in total. The molecule has 0 atom stereocenters. The van der Waals surface area contributed by atoms with Crippen LogP contribution in [0.15, 0.2) is 12.3 Å². The highest BCUT2D eigenvalue weighted by Crippen LogP contribution is 2.20. The van der Waals surface area contributed by atoms with Crippen LogP contribution in [0.3, 0.4) is 0 Å². The van der Waals surface area contributed by atoms with Crippen LogP contribution in [0.5, 0.6) is 0 Å². The predicted molar refractivity (Wildman–Crippen MR) is 89.9 cm³/mol. The fourth-order valence-corrected chi connectivity index (χ4v) is 2.91. The number of aryl methyl sites for hydroxylation is 1. The number of hydrogen-bond donors (Lipinski definition) is 1. The van der Waals surface area contributed by atoms with Gasteiger partial charge in [0.2, 0.25) is 0 Å². The summed E-state index contributed by atoms with van der Waals surface area (Å²) in [6, 6.07) is 2.92. The molecule has 4 heteroatoms. The standard InChI is InChI=1S/C17H30N4/c1-5-6-18-12-16-11-15(4)17(19-13-16)21-9-7-20(8-10-21)14(2)3/h11,13-14,18H,5-10,12H2,1-4H3. The Kier molecular flexibility index (Phi) is 6.00. The number of aromatic nitrogens is 1. The van der Waals surface area contributed by atoms with Crippen LogP contribution in [0.1, 0.15) is 38.3 Å². The van der Waals surface area contributed by atoms with Crippen molar-refractivity contribution in [3.8, 4) is 0 Å². The smallest absolute Gasteiger partial charge is 0.131 e. The number of anilines is 1. The van der Waals surface area contributed by atoms with Gasteiger partial charge in [0.25, 0.3) is 0 Å². The summed E-state index contributed by atoms with van der Waals surface area (Å²) >= 11 is 0. The zero-order valence-corrected chi connectivity index (χ0v) is 14.0. The maximum Gasteiger partial charge on any atom is 0.131 e. The van der Waals surface area contributed by atoms with Gasteiger partial charge in [0.1, 0.15) is 5.82 Å². The van der Waals surface area contributed by atoms with Gasteiger partial charge < -0.3 is 10.2 Å². The van der Waals surface area contributed by atoms with Crippen molar-refractivity contribution in [2.45, 2.75) is 46.7 Å². The molecule has 0 bridgehead atoms. The summed E-state index contributed by atoms with van der Waals surface area (Å²) in [5, 5.41) is 3.44. The second-order valence-electron chi connectivity index (χ2n) is 6.28. The minimum atomic E-state index is 0.647. The normalized spacial score (nSPS) is 16.7. The molecule has 1 saturated heterocycles. The van der Waals surface area contributed by atoms with Crippen molar-refractivity contribution in [2.75, 3.05) is 37.6 Å². The van der Waals surface area contributed by atoms with Gasteiger partial charge in [-0.15, -0.1) is 0 Å². The van der Waals surface area contributed by atoms with Crippen LogP contribution in [0.4, 0.5) is 5.82 Å². The van der Waals surface area contributed by atoms with E-state index in [-0.39, 0.29) is 0 Å². The van der Waals surface area contributed by atoms with Crippen LogP contribution in [0, 0.1) is 6.92 Å². The van der Waals surface area contributed by atoms with Gasteiger partial charge in [-0.05, 0) is 50.9 Å². The van der Waals surface area contributed by atoms with Gasteiger partial charge in [0, 0.05) is 45.0 Å². The zero-order chi connectivity index (χ0) is 15.2. The molecule has 0 aliphatic carbocycles. The minimum Gasteiger partial charge on any atom is -0.354 e. The molecule has 1 fully saturated rings. The third-order valence-corrected chi connectivity index (χ3v) is 4.21. The van der Waals surface area contributed by atoms with E-state index < -0.39 is 0 Å². The summed E-state index contributed by atoms with van der Waals surface area (Å²) < 4.78 is 0. The van der Waals surface area contributed by atoms with E-state index in [4.69, 9.17) is 4.98 Å². The van der Waals surface area contributed by atoms with Crippen LogP contribution < -0.4 is 10.2 Å². The van der Waals surface area contributed by atoms with Crippen LogP contribution in [-0.2, 0) is 6.54 Å². The minimum absolute atomic E-state index is 0.647. The van der Waals surface area contributed by atoms with Crippen molar-refractivity contribution in [2.24, 2.45) is 0 Å². The number of hydrogen-bond acceptors (Lipinski definition) is 4. The molecule has 1 aliphatic heterocycles. The van der Waals surface area contributed by atoms with Gasteiger partial charge in [-0.3, -0.25) is 4.90 Å². The molecule has 1 N–H and O–H groups in total. The number of nitrogens with one attached hydrogen (secondary N) is 1. The maximum atomic E-state index is 4.72. The third-order valence-electron chi connectivity index (χ3n) is 4.21. The lowest BCUT2D eigenvalue weighted by atomic mass is 10.1. The van der Waals surface area contributed by atoms with Crippen LogP contribution >= 0.6 is 0 Å². The largest absolute Gasteiger partial charge is 0.354 e. The highest BCUT2D eigenvalue weighted by atomic mass is 15.3. The van der Waals surface area contributed by atoms with E-state index in [0.29, 0.717) is 6.04 Å². The van der Waals surface area contributed by atoms with Crippen LogP contribution in [-0.4, -0.2) is 48.6 Å². The molecule has 1 aromatic heterocycles. The average molecular weight is 290 g/mol. The first-order valence-electron chi connectivity index (χ1n) is 8.27. The van der Waals surface area contributed by atoms with E-state index in [1.54, 1.807) is 0 Å². The molecule has 1 aromatic rings. The molecule has 21 heavy (non-hydrogen) atoms. The quantitative estimate of drug-likeness (QED) is 0.815. The number of piperazine rings is 1. The highest BCUT2D eigenvalue weighted by Gasteiger charge is 2.20. The maximum absolute atomic E-state index is 4.72. The molecule has 0 unspecified atom stereocenters. The van der Waals surface area contributed by atoms with Gasteiger partial charge in [0.05, 0.1) is 0 Å². The van der Waals surface area contributed by atoms with E-state index in [1.165, 1.54) is 17.5 Å². The Bertz CT molecular complexity index is 436. The molecule has 0 spiro atoms. The Morgan fingerprint density at radius 3 is 2.52 bits per heavy atom. The first-order chi connectivity index (χ1) is 10.1. The van der Waals surface area contributed by atoms with Crippen LogP contribution in [0.2, 0.25) is 0 Å². The Morgan fingerprint density at radius 2 is 1.95 bits per heavy atom. The van der Waals surface area contributed by atoms with Crippen LogP contribution in [0.25, 0.3) is 0 Å². The van der Waals surface area contributed by atoms with E-state index in [1.807, 2.05) is 6.20 Å². The van der Waals surface area contributed by atoms with Gasteiger partial charge in [-0.2, -0.15) is 0 Å². The molecule has 1 aliphatic rings. The van der Waals surface area contributed by atoms with Crippen molar-refractivity contribution in [3.05, 3.63) is 23.4 Å². The molecular weight excluding hydrogens is 260 g/mol. The highest BCUT2D eigenvalue weighted by molar-refractivity contribution is 5.47. The fraction of sp³-hybridized carbons (Fsp3) is 0.706. The second kappa shape index (κ2) is 7.76. The molecule has 0 saturated carbocycles. The van der Waals surface area contributed by atoms with Gasteiger partial charge in [0.15, 0.2) is 0 Å². The molecule has 0 amide bonds. The summed E-state index contributed by atoms with van der Waals surface area (Å²) in [6.07, 6.45) is 3.20. The Balaban J connectivity index is 1.95. The molecule has 2 heterocycles. The molecule has 0 radical (unpaired) electrons. The molecule has 0 aromatic carbocycles. The molecular formula is C17H30N4. The van der Waals surface area contributed by atoms with Crippen molar-refractivity contribution in [3.63, 3.8) is 0 Å². The summed E-state index contributed by atoms with van der Waals surface area (Å²) in [5.74, 6) is 1.16. The summed E-state index contributed by atoms with van der Waals surface area (Å²) in [5.41, 5.74) is 2.58. The first kappa shape index (κ1) is 16.2. The van der Waals surface area contributed by atoms with E-state index >= 15 is 0 Å².